The lowest BCUT2D eigenvalue weighted by Gasteiger charge is -2.27. The minimum absolute atomic E-state index is 0.0809. The number of carbonyl (C=O) groups excluding carboxylic acids is 1. The number of carbonyl (C=O) groups is 1. The van der Waals surface area contributed by atoms with Crippen molar-refractivity contribution in [2.75, 3.05) is 29.1 Å². The highest BCUT2D eigenvalue weighted by molar-refractivity contribution is 8.00. The standard InChI is InChI=1S/C22H23ClN4OS/c1-15-9-10-16(23)13-19(15)24-20(28)14-29-21-17-7-3-4-8-18(17)25-22(26-21)27-11-5-2-6-12-27/h3-4,7-10,13H,2,5-6,11-12,14H2,1H3,(H,24,28). The Balaban J connectivity index is 1.53. The molecule has 5 nitrogen and oxygen atoms in total. The number of aryl methyl sites for hydroxylation is 1. The number of rotatable bonds is 5. The highest BCUT2D eigenvalue weighted by atomic mass is 35.5. The molecule has 1 aliphatic heterocycles. The van der Waals surface area contributed by atoms with Gasteiger partial charge in [0.25, 0.3) is 0 Å². The van der Waals surface area contributed by atoms with Crippen molar-refractivity contribution in [3.05, 3.63) is 53.1 Å². The summed E-state index contributed by atoms with van der Waals surface area (Å²) in [4.78, 5) is 24.4. The summed E-state index contributed by atoms with van der Waals surface area (Å²) < 4.78 is 0. The van der Waals surface area contributed by atoms with Crippen LogP contribution in [-0.2, 0) is 4.79 Å². The lowest BCUT2D eigenvalue weighted by molar-refractivity contribution is -0.113. The Bertz CT molecular complexity index is 1040. The summed E-state index contributed by atoms with van der Waals surface area (Å²) in [5.74, 6) is 0.950. The number of amides is 1. The number of benzene rings is 2. The molecule has 1 aliphatic rings. The van der Waals surface area contributed by atoms with E-state index in [2.05, 4.69) is 10.2 Å². The average molecular weight is 427 g/mol. The van der Waals surface area contributed by atoms with E-state index in [1.165, 1.54) is 31.0 Å². The van der Waals surface area contributed by atoms with Crippen LogP contribution in [0.2, 0.25) is 5.02 Å². The molecule has 0 unspecified atom stereocenters. The summed E-state index contributed by atoms with van der Waals surface area (Å²) in [6.45, 7) is 3.91. The molecule has 1 aromatic heterocycles. The van der Waals surface area contributed by atoms with Gasteiger partial charge in [-0.15, -0.1) is 0 Å². The van der Waals surface area contributed by atoms with Crippen LogP contribution < -0.4 is 10.2 Å². The van der Waals surface area contributed by atoms with Crippen LogP contribution in [0.1, 0.15) is 24.8 Å². The SMILES string of the molecule is Cc1ccc(Cl)cc1NC(=O)CSc1nc(N2CCCCC2)nc2ccccc12. The molecule has 1 N–H and O–H groups in total. The number of para-hydroxylation sites is 1. The fraction of sp³-hybridized carbons (Fsp3) is 0.318. The van der Waals surface area contributed by atoms with Crippen molar-refractivity contribution < 1.29 is 4.79 Å². The first-order valence-corrected chi connectivity index (χ1v) is 11.2. The van der Waals surface area contributed by atoms with Gasteiger partial charge >= 0.3 is 0 Å². The summed E-state index contributed by atoms with van der Waals surface area (Å²) >= 11 is 7.49. The quantitative estimate of drug-likeness (QED) is 0.442. The predicted molar refractivity (Wildman–Crippen MR) is 121 cm³/mol. The zero-order chi connectivity index (χ0) is 20.2. The van der Waals surface area contributed by atoms with E-state index in [0.29, 0.717) is 5.02 Å². The van der Waals surface area contributed by atoms with Crippen LogP contribution in [-0.4, -0.2) is 34.7 Å². The molecule has 0 spiro atoms. The molecule has 29 heavy (non-hydrogen) atoms. The number of anilines is 2. The number of nitrogens with one attached hydrogen (secondary N) is 1. The first kappa shape index (κ1) is 20.0. The molecule has 0 saturated carbocycles. The maximum Gasteiger partial charge on any atom is 0.234 e. The third kappa shape index (κ3) is 4.82. The van der Waals surface area contributed by atoms with Crippen LogP contribution in [0.3, 0.4) is 0 Å². The van der Waals surface area contributed by atoms with Crippen LogP contribution >= 0.6 is 23.4 Å². The highest BCUT2D eigenvalue weighted by Crippen LogP contribution is 2.29. The van der Waals surface area contributed by atoms with E-state index in [-0.39, 0.29) is 11.7 Å². The normalized spacial score (nSPS) is 14.2. The molecule has 1 fully saturated rings. The summed E-state index contributed by atoms with van der Waals surface area (Å²) in [5, 5.41) is 5.37. The summed E-state index contributed by atoms with van der Waals surface area (Å²) in [5.41, 5.74) is 2.63. The van der Waals surface area contributed by atoms with Gasteiger partial charge in [-0.1, -0.05) is 47.6 Å². The maximum absolute atomic E-state index is 12.5. The van der Waals surface area contributed by atoms with Gasteiger partial charge in [0.05, 0.1) is 11.3 Å². The van der Waals surface area contributed by atoms with Crippen molar-refractivity contribution >= 4 is 51.8 Å². The highest BCUT2D eigenvalue weighted by Gasteiger charge is 2.17. The van der Waals surface area contributed by atoms with E-state index >= 15 is 0 Å². The van der Waals surface area contributed by atoms with Gasteiger partial charge < -0.3 is 10.2 Å². The predicted octanol–water partition coefficient (Wildman–Crippen LogP) is 5.31. The molecule has 1 amide bonds. The largest absolute Gasteiger partial charge is 0.341 e. The smallest absolute Gasteiger partial charge is 0.234 e. The summed E-state index contributed by atoms with van der Waals surface area (Å²) in [7, 11) is 0. The fourth-order valence-corrected chi connectivity index (χ4v) is 4.42. The van der Waals surface area contributed by atoms with E-state index in [0.717, 1.165) is 46.2 Å². The molecule has 0 aliphatic carbocycles. The van der Waals surface area contributed by atoms with Gasteiger partial charge in [-0.2, -0.15) is 0 Å². The lowest BCUT2D eigenvalue weighted by atomic mass is 10.1. The molecule has 2 heterocycles. The van der Waals surface area contributed by atoms with Gasteiger partial charge in [0.15, 0.2) is 0 Å². The molecule has 150 valence electrons. The minimum Gasteiger partial charge on any atom is -0.341 e. The number of fused-ring (bicyclic) bond motifs is 1. The Morgan fingerprint density at radius 1 is 1.14 bits per heavy atom. The summed E-state index contributed by atoms with van der Waals surface area (Å²) in [6, 6.07) is 13.5. The summed E-state index contributed by atoms with van der Waals surface area (Å²) in [6.07, 6.45) is 3.59. The molecule has 0 atom stereocenters. The van der Waals surface area contributed by atoms with Crippen molar-refractivity contribution in [2.45, 2.75) is 31.2 Å². The van der Waals surface area contributed by atoms with Crippen molar-refractivity contribution in [2.24, 2.45) is 0 Å². The van der Waals surface area contributed by atoms with Crippen LogP contribution in [0.25, 0.3) is 10.9 Å². The number of nitrogens with zero attached hydrogens (tertiary/aromatic N) is 3. The lowest BCUT2D eigenvalue weighted by Crippen LogP contribution is -2.31. The van der Waals surface area contributed by atoms with Gasteiger partial charge in [-0.25, -0.2) is 9.97 Å². The van der Waals surface area contributed by atoms with Gasteiger partial charge in [0, 0.05) is 29.2 Å². The topological polar surface area (TPSA) is 58.1 Å². The number of aromatic nitrogens is 2. The first-order valence-electron chi connectivity index (χ1n) is 9.81. The molecule has 4 rings (SSSR count). The van der Waals surface area contributed by atoms with Crippen molar-refractivity contribution in [1.82, 2.24) is 9.97 Å². The number of hydrogen-bond donors (Lipinski definition) is 1. The second-order valence-electron chi connectivity index (χ2n) is 7.19. The van der Waals surface area contributed by atoms with Gasteiger partial charge in [0.1, 0.15) is 5.03 Å². The van der Waals surface area contributed by atoms with E-state index < -0.39 is 0 Å². The van der Waals surface area contributed by atoms with Gasteiger partial charge in [-0.05, 0) is 49.9 Å². The first-order chi connectivity index (χ1) is 14.1. The van der Waals surface area contributed by atoms with E-state index in [1.807, 2.05) is 43.3 Å². The van der Waals surface area contributed by atoms with Crippen LogP contribution in [0, 0.1) is 6.92 Å². The molecular weight excluding hydrogens is 404 g/mol. The zero-order valence-electron chi connectivity index (χ0n) is 16.3. The monoisotopic (exact) mass is 426 g/mol. The molecule has 1 saturated heterocycles. The number of thioether (sulfide) groups is 1. The molecule has 0 radical (unpaired) electrons. The average Bonchev–Trinajstić information content (AvgIpc) is 2.75. The Hall–Kier alpha value is -2.31. The van der Waals surface area contributed by atoms with Crippen LogP contribution in [0.5, 0.6) is 0 Å². The Morgan fingerprint density at radius 2 is 1.93 bits per heavy atom. The number of hydrogen-bond acceptors (Lipinski definition) is 5. The van der Waals surface area contributed by atoms with Crippen molar-refractivity contribution in [3.8, 4) is 0 Å². The van der Waals surface area contributed by atoms with E-state index in [9.17, 15) is 4.79 Å². The molecular formula is C22H23ClN4OS. The number of piperidine rings is 1. The number of halogens is 1. The Morgan fingerprint density at radius 3 is 2.76 bits per heavy atom. The van der Waals surface area contributed by atoms with Crippen molar-refractivity contribution in [3.63, 3.8) is 0 Å². The second-order valence-corrected chi connectivity index (χ2v) is 8.59. The maximum atomic E-state index is 12.5. The molecule has 2 aromatic carbocycles. The van der Waals surface area contributed by atoms with Crippen molar-refractivity contribution in [1.29, 1.82) is 0 Å². The fourth-order valence-electron chi connectivity index (χ4n) is 3.43. The van der Waals surface area contributed by atoms with E-state index in [4.69, 9.17) is 21.6 Å². The van der Waals surface area contributed by atoms with E-state index in [1.54, 1.807) is 6.07 Å². The second kappa shape index (κ2) is 9.01. The zero-order valence-corrected chi connectivity index (χ0v) is 17.9. The third-order valence-electron chi connectivity index (χ3n) is 5.01. The Kier molecular flexibility index (Phi) is 6.21. The molecule has 3 aromatic rings. The molecule has 7 heteroatoms. The third-order valence-corrected chi connectivity index (χ3v) is 6.24. The van der Waals surface area contributed by atoms with Gasteiger partial charge in [-0.3, -0.25) is 4.79 Å². The van der Waals surface area contributed by atoms with Gasteiger partial charge in [0.2, 0.25) is 11.9 Å². The van der Waals surface area contributed by atoms with Crippen LogP contribution in [0.4, 0.5) is 11.6 Å². The van der Waals surface area contributed by atoms with Crippen LogP contribution in [0.15, 0.2) is 47.5 Å². The Labute approximate surface area is 179 Å². The minimum atomic E-state index is -0.0809. The molecule has 0 bridgehead atoms.